The highest BCUT2D eigenvalue weighted by Crippen LogP contribution is 2.39. The zero-order valence-corrected chi connectivity index (χ0v) is 37.0. The third-order valence-electron chi connectivity index (χ3n) is 10.5. The molecule has 4 rings (SSSR count). The van der Waals surface area contributed by atoms with E-state index in [9.17, 15) is 4.21 Å². The van der Waals surface area contributed by atoms with Crippen LogP contribution < -0.4 is 13.6 Å². The average molecular weight is 762 g/mol. The van der Waals surface area contributed by atoms with Crippen LogP contribution in [0.5, 0.6) is 11.5 Å². The molecule has 2 aromatic carbocycles. The SMILES string of the molecule is Cc1ccc(-c2nc3cc(C(C)C)[nH]n3n2)cc1NS(=O)Oc1cc(C(C)(C)CC(C)C)ccc1OCC(CCC(C)CC(C)(C)C)C(C)CC(C)(C)C. The van der Waals surface area contributed by atoms with E-state index in [2.05, 4.69) is 118 Å². The molecule has 4 atom stereocenters. The zero-order chi connectivity index (χ0) is 40.2. The lowest BCUT2D eigenvalue weighted by molar-refractivity contribution is 0.146. The molecule has 0 aliphatic carbocycles. The molecule has 0 aliphatic heterocycles. The minimum Gasteiger partial charge on any atom is -0.489 e. The lowest BCUT2D eigenvalue weighted by Crippen LogP contribution is -2.25. The summed E-state index contributed by atoms with van der Waals surface area (Å²) in [6, 6.07) is 14.1. The van der Waals surface area contributed by atoms with Crippen LogP contribution in [0.4, 0.5) is 5.69 Å². The first-order chi connectivity index (χ1) is 25.0. The molecule has 0 aliphatic rings. The molecule has 9 heteroatoms. The molecule has 54 heavy (non-hydrogen) atoms. The maximum absolute atomic E-state index is 13.9. The van der Waals surface area contributed by atoms with Crippen LogP contribution in [0, 0.1) is 41.4 Å². The number of hydrogen-bond acceptors (Lipinski definition) is 5. The third-order valence-corrected chi connectivity index (χ3v) is 11.2. The van der Waals surface area contributed by atoms with Crippen molar-refractivity contribution in [1.82, 2.24) is 19.8 Å². The van der Waals surface area contributed by atoms with Gasteiger partial charge < -0.3 is 8.92 Å². The van der Waals surface area contributed by atoms with Crippen molar-refractivity contribution in [2.75, 3.05) is 11.3 Å². The van der Waals surface area contributed by atoms with Crippen molar-refractivity contribution in [3.05, 3.63) is 59.3 Å². The fraction of sp³-hybridized carbons (Fsp3) is 0.644. The van der Waals surface area contributed by atoms with Crippen molar-refractivity contribution in [1.29, 1.82) is 0 Å². The summed E-state index contributed by atoms with van der Waals surface area (Å²) in [6.45, 7) is 34.5. The summed E-state index contributed by atoms with van der Waals surface area (Å²) in [5.74, 6) is 4.07. The van der Waals surface area contributed by atoms with Crippen LogP contribution in [-0.4, -0.2) is 30.6 Å². The number of anilines is 1. The number of hydrogen-bond donors (Lipinski definition) is 2. The van der Waals surface area contributed by atoms with Crippen molar-refractivity contribution in [3.8, 4) is 22.9 Å². The van der Waals surface area contributed by atoms with E-state index >= 15 is 0 Å². The van der Waals surface area contributed by atoms with E-state index in [1.54, 1.807) is 4.63 Å². The van der Waals surface area contributed by atoms with Crippen molar-refractivity contribution in [3.63, 3.8) is 0 Å². The summed E-state index contributed by atoms with van der Waals surface area (Å²) in [5.41, 5.74) is 5.84. The molecule has 0 fully saturated rings. The molecular weight excluding hydrogens is 691 g/mol. The highest BCUT2D eigenvalue weighted by molar-refractivity contribution is 7.82. The van der Waals surface area contributed by atoms with Crippen LogP contribution in [0.3, 0.4) is 0 Å². The average Bonchev–Trinajstić information content (AvgIpc) is 3.60. The predicted molar refractivity (Wildman–Crippen MR) is 228 cm³/mol. The number of ether oxygens (including phenoxy) is 1. The Morgan fingerprint density at radius 1 is 0.833 bits per heavy atom. The molecule has 4 aromatic rings. The molecule has 0 bridgehead atoms. The number of rotatable bonds is 18. The number of nitrogens with one attached hydrogen (secondary N) is 2. The summed E-state index contributed by atoms with van der Waals surface area (Å²) < 4.78 is 31.7. The zero-order valence-electron chi connectivity index (χ0n) is 36.1. The fourth-order valence-corrected chi connectivity index (χ4v) is 8.77. The number of aromatic amines is 1. The van der Waals surface area contributed by atoms with E-state index < -0.39 is 11.3 Å². The molecule has 4 unspecified atom stereocenters. The van der Waals surface area contributed by atoms with Gasteiger partial charge in [0.15, 0.2) is 23.0 Å². The summed E-state index contributed by atoms with van der Waals surface area (Å²) in [6.07, 6.45) is 5.61. The Hall–Kier alpha value is -3.33. The first-order valence-corrected chi connectivity index (χ1v) is 21.3. The summed E-state index contributed by atoms with van der Waals surface area (Å²) in [4.78, 5) is 4.74. The topological polar surface area (TPSA) is 93.5 Å². The van der Waals surface area contributed by atoms with Crippen LogP contribution in [0.15, 0.2) is 42.5 Å². The van der Waals surface area contributed by atoms with Crippen molar-refractivity contribution in [2.45, 2.75) is 147 Å². The fourth-order valence-electron chi connectivity index (χ4n) is 8.03. The normalized spacial score (nSPS) is 15.1. The van der Waals surface area contributed by atoms with Gasteiger partial charge in [-0.15, -0.1) is 5.10 Å². The maximum Gasteiger partial charge on any atom is 0.316 e. The highest BCUT2D eigenvalue weighted by atomic mass is 32.2. The second kappa shape index (κ2) is 17.6. The van der Waals surface area contributed by atoms with Gasteiger partial charge >= 0.3 is 11.3 Å². The summed E-state index contributed by atoms with van der Waals surface area (Å²) >= 11 is -1.91. The minimum absolute atomic E-state index is 0.102. The largest absolute Gasteiger partial charge is 0.489 e. The smallest absolute Gasteiger partial charge is 0.316 e. The van der Waals surface area contributed by atoms with Gasteiger partial charge in [-0.1, -0.05) is 122 Å². The van der Waals surface area contributed by atoms with E-state index in [4.69, 9.17) is 13.9 Å². The van der Waals surface area contributed by atoms with Crippen molar-refractivity contribution >= 4 is 22.6 Å². The van der Waals surface area contributed by atoms with E-state index in [1.165, 1.54) is 12.8 Å². The molecule has 2 N–H and O–H groups in total. The lowest BCUT2D eigenvalue weighted by atomic mass is 9.76. The standard InChI is InChI=1S/C45H71N5O3S/c1-29(2)25-45(14,15)36-20-21-39(52-28-35(33(7)27-44(11,12)13)18-16-31(5)26-43(8,9)10)40(23-36)53-54(51)49-38-22-34(19-17-32(38)6)42-46-41-24-37(30(3)4)47-50(41)48-42/h17,19-24,29-31,33,35,47,49H,16,18,25-28H2,1-15H3. The van der Waals surface area contributed by atoms with Gasteiger partial charge in [-0.25, -0.2) is 4.98 Å². The Balaban J connectivity index is 1.59. The Labute approximate surface area is 329 Å². The van der Waals surface area contributed by atoms with Gasteiger partial charge in [0.2, 0.25) is 0 Å². The van der Waals surface area contributed by atoms with Crippen molar-refractivity contribution < 1.29 is 13.1 Å². The molecule has 0 saturated heterocycles. The molecule has 0 spiro atoms. The summed E-state index contributed by atoms with van der Waals surface area (Å²) in [7, 11) is 0. The molecule has 8 nitrogen and oxygen atoms in total. The van der Waals surface area contributed by atoms with Gasteiger partial charge in [0.25, 0.3) is 0 Å². The molecule has 0 radical (unpaired) electrons. The van der Waals surface area contributed by atoms with Crippen LogP contribution in [-0.2, 0) is 16.7 Å². The van der Waals surface area contributed by atoms with E-state index in [-0.39, 0.29) is 10.8 Å². The first kappa shape index (κ1) is 43.4. The highest BCUT2D eigenvalue weighted by Gasteiger charge is 2.28. The Morgan fingerprint density at radius 2 is 1.52 bits per heavy atom. The number of fused-ring (bicyclic) bond motifs is 1. The predicted octanol–water partition coefficient (Wildman–Crippen LogP) is 12.5. The van der Waals surface area contributed by atoms with Crippen LogP contribution in [0.2, 0.25) is 0 Å². The van der Waals surface area contributed by atoms with Gasteiger partial charge in [-0.2, -0.15) is 8.84 Å². The molecule has 0 amide bonds. The molecular formula is C45H71N5O3S. The number of nitrogens with zero attached hydrogens (tertiary/aromatic N) is 3. The molecule has 300 valence electrons. The van der Waals surface area contributed by atoms with Crippen LogP contribution >= 0.6 is 0 Å². The second-order valence-corrected chi connectivity index (χ2v) is 20.8. The first-order valence-electron chi connectivity index (χ1n) is 20.2. The number of aromatic nitrogens is 4. The van der Waals surface area contributed by atoms with Gasteiger partial charge in [0.1, 0.15) is 0 Å². The summed E-state index contributed by atoms with van der Waals surface area (Å²) in [5, 5.41) is 7.97. The number of benzene rings is 2. The number of H-pyrrole nitrogens is 1. The van der Waals surface area contributed by atoms with Gasteiger partial charge in [0, 0.05) is 17.3 Å². The Morgan fingerprint density at radius 3 is 2.13 bits per heavy atom. The maximum atomic E-state index is 13.9. The second-order valence-electron chi connectivity index (χ2n) is 19.9. The minimum atomic E-state index is -1.91. The quantitative estimate of drug-likeness (QED) is 0.105. The van der Waals surface area contributed by atoms with Gasteiger partial charge in [-0.3, -0.25) is 9.82 Å². The van der Waals surface area contributed by atoms with E-state index in [0.717, 1.165) is 47.3 Å². The number of aryl methyl sites for hydroxylation is 1. The monoisotopic (exact) mass is 762 g/mol. The van der Waals surface area contributed by atoms with E-state index in [1.807, 2.05) is 43.3 Å². The van der Waals surface area contributed by atoms with Crippen molar-refractivity contribution in [2.24, 2.45) is 34.5 Å². The van der Waals surface area contributed by atoms with Gasteiger partial charge in [-0.05, 0) is 108 Å². The van der Waals surface area contributed by atoms with Gasteiger partial charge in [0.05, 0.1) is 12.3 Å². The molecule has 2 heterocycles. The Kier molecular flexibility index (Phi) is 14.2. The van der Waals surface area contributed by atoms with Crippen LogP contribution in [0.25, 0.3) is 17.0 Å². The molecule has 2 aromatic heterocycles. The van der Waals surface area contributed by atoms with Crippen LogP contribution in [0.1, 0.15) is 152 Å². The molecule has 0 saturated carbocycles. The lowest BCUT2D eigenvalue weighted by Gasteiger charge is -2.32. The van der Waals surface area contributed by atoms with E-state index in [0.29, 0.717) is 64.6 Å². The Bertz CT molecular complexity index is 1810. The third kappa shape index (κ3) is 12.6.